The van der Waals surface area contributed by atoms with Crippen molar-refractivity contribution in [3.63, 3.8) is 0 Å². The fraction of sp³-hybridized carbons (Fsp3) is 0.550. The van der Waals surface area contributed by atoms with E-state index in [0.29, 0.717) is 35.6 Å². The molecule has 3 aromatic rings. The van der Waals surface area contributed by atoms with Gasteiger partial charge in [0.05, 0.1) is 5.69 Å². The van der Waals surface area contributed by atoms with Crippen molar-refractivity contribution < 1.29 is 17.2 Å². The highest BCUT2D eigenvalue weighted by Gasteiger charge is 2.41. The summed E-state index contributed by atoms with van der Waals surface area (Å²) in [5.74, 6) is 0.163. The van der Waals surface area contributed by atoms with Crippen LogP contribution in [0.3, 0.4) is 0 Å². The van der Waals surface area contributed by atoms with Gasteiger partial charge in [-0.3, -0.25) is 4.40 Å². The molecule has 2 aliphatic rings. The molecule has 1 aliphatic heterocycles. The molecule has 184 valence electrons. The summed E-state index contributed by atoms with van der Waals surface area (Å²) < 4.78 is 57.2. The minimum absolute atomic E-state index is 0.0379. The van der Waals surface area contributed by atoms with Gasteiger partial charge in [0.1, 0.15) is 10.4 Å². The number of nitrogens with one attached hydrogen (secondary N) is 2. The molecular weight excluding hydrogens is 508 g/mol. The standard InChI is InChI=1S/C20H24ClF2N7O2S2/c1-10-7-29(8-11(2)24-10)13-6-12(34(31,32)28-20(3)4-5-20)9-30-14(13)15(21)25-17(30)19-27-26-18(33-19)16(22)23/h6,9-11,16,24,28H,4-5,7-8H2,1-3H3/t10-,11-/m0/s1. The van der Waals surface area contributed by atoms with Crippen molar-refractivity contribution in [3.8, 4) is 10.8 Å². The summed E-state index contributed by atoms with van der Waals surface area (Å²) in [7, 11) is -3.87. The van der Waals surface area contributed by atoms with Gasteiger partial charge < -0.3 is 10.2 Å². The first-order valence-corrected chi connectivity index (χ1v) is 13.5. The van der Waals surface area contributed by atoms with Gasteiger partial charge in [-0.2, -0.15) is 0 Å². The molecule has 1 saturated heterocycles. The Morgan fingerprint density at radius 1 is 1.26 bits per heavy atom. The third-order valence-corrected chi connectivity index (χ3v) is 8.85. The molecule has 0 amide bonds. The van der Waals surface area contributed by atoms with Gasteiger partial charge in [-0.15, -0.1) is 10.2 Å². The average molecular weight is 532 g/mol. The maximum Gasteiger partial charge on any atom is 0.291 e. The van der Waals surface area contributed by atoms with Gasteiger partial charge in [-0.25, -0.2) is 26.9 Å². The van der Waals surface area contributed by atoms with E-state index in [0.717, 1.165) is 12.8 Å². The molecular formula is C20H24ClF2N7O2S2. The molecule has 0 aromatic carbocycles. The van der Waals surface area contributed by atoms with Crippen molar-refractivity contribution in [2.24, 2.45) is 0 Å². The van der Waals surface area contributed by atoms with Gasteiger partial charge in [0, 0.05) is 36.9 Å². The Bertz CT molecular complexity index is 1350. The zero-order chi connectivity index (χ0) is 24.4. The first kappa shape index (κ1) is 23.8. The largest absolute Gasteiger partial charge is 0.367 e. The molecule has 2 atom stereocenters. The van der Waals surface area contributed by atoms with E-state index >= 15 is 0 Å². The van der Waals surface area contributed by atoms with Gasteiger partial charge in [-0.1, -0.05) is 22.9 Å². The highest BCUT2D eigenvalue weighted by Crippen LogP contribution is 2.39. The number of halogens is 3. The minimum Gasteiger partial charge on any atom is -0.367 e. The molecule has 34 heavy (non-hydrogen) atoms. The minimum atomic E-state index is -3.87. The predicted octanol–water partition coefficient (Wildman–Crippen LogP) is 3.46. The van der Waals surface area contributed by atoms with Crippen LogP contribution in [0.15, 0.2) is 17.2 Å². The maximum atomic E-state index is 13.3. The number of fused-ring (bicyclic) bond motifs is 1. The number of piperazine rings is 1. The first-order valence-electron chi connectivity index (χ1n) is 10.8. The molecule has 1 saturated carbocycles. The van der Waals surface area contributed by atoms with Crippen LogP contribution < -0.4 is 14.9 Å². The van der Waals surface area contributed by atoms with Crippen LogP contribution in [-0.4, -0.2) is 58.7 Å². The third kappa shape index (κ3) is 4.39. The lowest BCUT2D eigenvalue weighted by Gasteiger charge is -2.38. The van der Waals surface area contributed by atoms with Crippen LogP contribution >= 0.6 is 22.9 Å². The van der Waals surface area contributed by atoms with E-state index in [9.17, 15) is 17.2 Å². The van der Waals surface area contributed by atoms with E-state index in [-0.39, 0.29) is 33.0 Å². The fourth-order valence-corrected chi connectivity index (χ4v) is 6.71. The van der Waals surface area contributed by atoms with Gasteiger partial charge >= 0.3 is 0 Å². The summed E-state index contributed by atoms with van der Waals surface area (Å²) in [4.78, 5) is 6.48. The quantitative estimate of drug-likeness (QED) is 0.502. The van der Waals surface area contributed by atoms with Crippen LogP contribution in [0.5, 0.6) is 0 Å². The Labute approximate surface area is 204 Å². The SMILES string of the molecule is C[C@H]1CN(c2cc(S(=O)(=O)NC3(C)CC3)cn3c(-c4nnc(C(F)F)s4)nc(Cl)c23)C[C@H](C)N1. The number of sulfonamides is 1. The van der Waals surface area contributed by atoms with Gasteiger partial charge in [0.2, 0.25) is 10.0 Å². The van der Waals surface area contributed by atoms with E-state index in [2.05, 4.69) is 30.1 Å². The van der Waals surface area contributed by atoms with E-state index in [1.54, 1.807) is 6.07 Å². The number of imidazole rings is 1. The second-order valence-electron chi connectivity index (χ2n) is 9.29. The number of hydrogen-bond acceptors (Lipinski definition) is 8. The number of alkyl halides is 2. The number of rotatable bonds is 6. The molecule has 0 bridgehead atoms. The maximum absolute atomic E-state index is 13.3. The number of aromatic nitrogens is 4. The van der Waals surface area contributed by atoms with Crippen molar-refractivity contribution in [2.75, 3.05) is 18.0 Å². The van der Waals surface area contributed by atoms with Crippen LogP contribution in [0.1, 0.15) is 45.0 Å². The Balaban J connectivity index is 1.71. The van der Waals surface area contributed by atoms with Crippen molar-refractivity contribution in [1.29, 1.82) is 0 Å². The second-order valence-corrected chi connectivity index (χ2v) is 12.3. The third-order valence-electron chi connectivity index (χ3n) is 6.05. The molecule has 0 spiro atoms. The predicted molar refractivity (Wildman–Crippen MR) is 126 cm³/mol. The Morgan fingerprint density at radius 3 is 2.53 bits per heavy atom. The molecule has 3 aromatic heterocycles. The Kier molecular flexibility index (Phi) is 5.83. The smallest absolute Gasteiger partial charge is 0.291 e. The van der Waals surface area contributed by atoms with Gasteiger partial charge in [0.15, 0.2) is 21.0 Å². The number of pyridine rings is 1. The molecule has 0 unspecified atom stereocenters. The molecule has 0 radical (unpaired) electrons. The lowest BCUT2D eigenvalue weighted by Crippen LogP contribution is -2.54. The monoisotopic (exact) mass is 531 g/mol. The second kappa shape index (κ2) is 8.33. The van der Waals surface area contributed by atoms with Crippen LogP contribution in [0.2, 0.25) is 5.15 Å². The van der Waals surface area contributed by atoms with Crippen LogP contribution in [0.4, 0.5) is 14.5 Å². The Morgan fingerprint density at radius 2 is 1.94 bits per heavy atom. The molecule has 9 nitrogen and oxygen atoms in total. The average Bonchev–Trinajstić information content (AvgIpc) is 3.14. The lowest BCUT2D eigenvalue weighted by atomic mass is 10.1. The molecule has 2 N–H and O–H groups in total. The number of anilines is 1. The zero-order valence-electron chi connectivity index (χ0n) is 18.7. The molecule has 4 heterocycles. The van der Waals surface area contributed by atoms with E-state index in [1.165, 1.54) is 10.6 Å². The highest BCUT2D eigenvalue weighted by atomic mass is 35.5. The summed E-state index contributed by atoms with van der Waals surface area (Å²) in [6.45, 7) is 7.20. The zero-order valence-corrected chi connectivity index (χ0v) is 21.1. The Hall–Kier alpha value is -1.93. The van der Waals surface area contributed by atoms with Gasteiger partial charge in [0.25, 0.3) is 6.43 Å². The normalized spacial score (nSPS) is 22.6. The summed E-state index contributed by atoms with van der Waals surface area (Å²) in [5.41, 5.74) is 0.627. The first-order chi connectivity index (χ1) is 16.0. The summed E-state index contributed by atoms with van der Waals surface area (Å²) >= 11 is 7.24. The van der Waals surface area contributed by atoms with Crippen molar-refractivity contribution in [3.05, 3.63) is 22.4 Å². The fourth-order valence-electron chi connectivity index (χ4n) is 4.28. The molecule has 1 aliphatic carbocycles. The summed E-state index contributed by atoms with van der Waals surface area (Å²) in [6.07, 6.45) is 0.168. The molecule has 2 fully saturated rings. The van der Waals surface area contributed by atoms with E-state index in [1.807, 2.05) is 20.8 Å². The van der Waals surface area contributed by atoms with Crippen molar-refractivity contribution in [2.45, 2.75) is 62.6 Å². The van der Waals surface area contributed by atoms with Crippen molar-refractivity contribution >= 4 is 44.2 Å². The highest BCUT2D eigenvalue weighted by molar-refractivity contribution is 7.89. The lowest BCUT2D eigenvalue weighted by molar-refractivity contribution is 0.150. The van der Waals surface area contributed by atoms with E-state index in [4.69, 9.17) is 11.6 Å². The van der Waals surface area contributed by atoms with Crippen molar-refractivity contribution in [1.82, 2.24) is 29.6 Å². The summed E-state index contributed by atoms with van der Waals surface area (Å²) in [6, 6.07) is 1.92. The molecule has 14 heteroatoms. The van der Waals surface area contributed by atoms with Crippen LogP contribution in [0.25, 0.3) is 16.3 Å². The van der Waals surface area contributed by atoms with Crippen LogP contribution in [-0.2, 0) is 10.0 Å². The van der Waals surface area contributed by atoms with Gasteiger partial charge in [-0.05, 0) is 39.7 Å². The summed E-state index contributed by atoms with van der Waals surface area (Å²) in [5, 5.41) is 10.7. The number of nitrogens with zero attached hydrogens (tertiary/aromatic N) is 5. The van der Waals surface area contributed by atoms with E-state index < -0.39 is 27.0 Å². The van der Waals surface area contributed by atoms with Crippen LogP contribution in [0, 0.1) is 0 Å². The topological polar surface area (TPSA) is 105 Å². The molecule has 5 rings (SSSR count). The number of hydrogen-bond donors (Lipinski definition) is 2.